The van der Waals surface area contributed by atoms with Crippen molar-refractivity contribution in [3.8, 4) is 16.9 Å². The molecule has 0 spiro atoms. The van der Waals surface area contributed by atoms with Gasteiger partial charge < -0.3 is 10.1 Å². The zero-order valence-corrected chi connectivity index (χ0v) is 14.3. The Hall–Kier alpha value is -3.40. The van der Waals surface area contributed by atoms with Gasteiger partial charge in [0.15, 0.2) is 5.78 Å². The normalized spacial score (nSPS) is 11.7. The van der Waals surface area contributed by atoms with E-state index in [1.165, 1.54) is 0 Å². The third-order valence-corrected chi connectivity index (χ3v) is 4.43. The fraction of sp³-hybridized carbons (Fsp3) is 0.0909. The Morgan fingerprint density at radius 2 is 1.58 bits per heavy atom. The first kappa shape index (κ1) is 16.1. The van der Waals surface area contributed by atoms with Crippen molar-refractivity contribution in [3.63, 3.8) is 0 Å². The number of hydrogen-bond acceptors (Lipinski definition) is 3. The summed E-state index contributed by atoms with van der Waals surface area (Å²) in [5, 5.41) is 2.87. The Labute approximate surface area is 151 Å². The molecule has 0 aromatic heterocycles. The van der Waals surface area contributed by atoms with Crippen molar-refractivity contribution in [2.45, 2.75) is 6.92 Å². The number of anilines is 1. The Morgan fingerprint density at radius 1 is 0.885 bits per heavy atom. The Kier molecular flexibility index (Phi) is 4.01. The van der Waals surface area contributed by atoms with Crippen LogP contribution in [-0.2, 0) is 0 Å². The summed E-state index contributed by atoms with van der Waals surface area (Å²) in [7, 11) is 0. The highest BCUT2D eigenvalue weighted by atomic mass is 16.5. The molecule has 4 rings (SSSR count). The molecule has 26 heavy (non-hydrogen) atoms. The van der Waals surface area contributed by atoms with Gasteiger partial charge in [-0.15, -0.1) is 0 Å². The van der Waals surface area contributed by atoms with E-state index < -0.39 is 0 Å². The van der Waals surface area contributed by atoms with Crippen molar-refractivity contribution in [1.29, 1.82) is 0 Å². The lowest BCUT2D eigenvalue weighted by molar-refractivity contribution is 0.0998. The summed E-state index contributed by atoms with van der Waals surface area (Å²) in [6.07, 6.45) is 0. The molecule has 0 radical (unpaired) electrons. The minimum atomic E-state index is -0.324. The number of para-hydroxylation sites is 2. The molecule has 4 heteroatoms. The number of fused-ring (bicyclic) bond motifs is 3. The highest BCUT2D eigenvalue weighted by molar-refractivity contribution is 6.26. The molecule has 0 aliphatic heterocycles. The number of benzene rings is 3. The zero-order chi connectivity index (χ0) is 18.1. The third kappa shape index (κ3) is 2.56. The number of hydrogen-bond donors (Lipinski definition) is 1. The molecule has 128 valence electrons. The van der Waals surface area contributed by atoms with Crippen LogP contribution in [0.25, 0.3) is 11.1 Å². The van der Waals surface area contributed by atoms with E-state index in [2.05, 4.69) is 5.32 Å². The molecule has 0 atom stereocenters. The predicted molar refractivity (Wildman–Crippen MR) is 101 cm³/mol. The van der Waals surface area contributed by atoms with Gasteiger partial charge >= 0.3 is 0 Å². The Bertz CT molecular complexity index is 1020. The van der Waals surface area contributed by atoms with Gasteiger partial charge in [-0.1, -0.05) is 48.5 Å². The standard InChI is InChI=1S/C22H17NO3/c1-2-26-19-13-6-5-12-18(19)23-22(25)17-11-7-10-15-14-8-3-4-9-16(14)21(24)20(15)17/h3-13H,2H2,1H3,(H,23,25). The van der Waals surface area contributed by atoms with Crippen LogP contribution in [-0.4, -0.2) is 18.3 Å². The summed E-state index contributed by atoms with van der Waals surface area (Å²) in [5.41, 5.74) is 3.72. The average molecular weight is 343 g/mol. The highest BCUT2D eigenvalue weighted by Gasteiger charge is 2.30. The quantitative estimate of drug-likeness (QED) is 0.591. The van der Waals surface area contributed by atoms with Gasteiger partial charge in [0.2, 0.25) is 0 Å². The van der Waals surface area contributed by atoms with Crippen molar-refractivity contribution >= 4 is 17.4 Å². The van der Waals surface area contributed by atoms with Crippen LogP contribution in [0, 0.1) is 0 Å². The molecule has 1 aliphatic carbocycles. The van der Waals surface area contributed by atoms with Gasteiger partial charge in [-0.3, -0.25) is 9.59 Å². The summed E-state index contributed by atoms with van der Waals surface area (Å²) in [4.78, 5) is 25.7. The maximum atomic E-state index is 12.9. The monoisotopic (exact) mass is 343 g/mol. The molecule has 0 unspecified atom stereocenters. The molecule has 1 amide bonds. The maximum absolute atomic E-state index is 12.9. The van der Waals surface area contributed by atoms with Gasteiger partial charge in [-0.25, -0.2) is 0 Å². The van der Waals surface area contributed by atoms with Crippen LogP contribution < -0.4 is 10.1 Å². The van der Waals surface area contributed by atoms with Crippen molar-refractivity contribution in [1.82, 2.24) is 0 Å². The Balaban J connectivity index is 1.73. The van der Waals surface area contributed by atoms with E-state index in [0.717, 1.165) is 11.1 Å². The van der Waals surface area contributed by atoms with Crippen LogP contribution in [0.4, 0.5) is 5.69 Å². The number of rotatable bonds is 4. The molecular formula is C22H17NO3. The molecule has 0 fully saturated rings. The van der Waals surface area contributed by atoms with Crippen LogP contribution in [0.5, 0.6) is 5.75 Å². The third-order valence-electron chi connectivity index (χ3n) is 4.43. The SMILES string of the molecule is CCOc1ccccc1NC(=O)c1cccc2c1C(=O)c1ccccc1-2. The molecule has 0 saturated heterocycles. The second-order valence-corrected chi connectivity index (χ2v) is 5.99. The Morgan fingerprint density at radius 3 is 2.38 bits per heavy atom. The first-order valence-electron chi connectivity index (χ1n) is 8.51. The van der Waals surface area contributed by atoms with Gasteiger partial charge in [0.05, 0.1) is 17.9 Å². The van der Waals surface area contributed by atoms with Crippen molar-refractivity contribution in [2.75, 3.05) is 11.9 Å². The molecule has 0 saturated carbocycles. The molecule has 1 N–H and O–H groups in total. The highest BCUT2D eigenvalue weighted by Crippen LogP contribution is 2.38. The average Bonchev–Trinajstić information content (AvgIpc) is 2.97. The smallest absolute Gasteiger partial charge is 0.256 e. The molecule has 1 aliphatic rings. The van der Waals surface area contributed by atoms with Crippen LogP contribution in [0.1, 0.15) is 33.2 Å². The molecule has 0 bridgehead atoms. The van der Waals surface area contributed by atoms with Gasteiger partial charge in [-0.2, -0.15) is 0 Å². The van der Waals surface area contributed by atoms with E-state index in [1.807, 2.05) is 43.3 Å². The van der Waals surface area contributed by atoms with E-state index in [0.29, 0.717) is 34.7 Å². The fourth-order valence-electron chi connectivity index (χ4n) is 3.30. The summed E-state index contributed by atoms with van der Waals surface area (Å²) in [6.45, 7) is 2.39. The zero-order valence-electron chi connectivity index (χ0n) is 14.3. The lowest BCUT2D eigenvalue weighted by Crippen LogP contribution is -2.16. The second kappa shape index (κ2) is 6.48. The van der Waals surface area contributed by atoms with E-state index in [1.54, 1.807) is 30.3 Å². The van der Waals surface area contributed by atoms with E-state index in [9.17, 15) is 9.59 Å². The minimum Gasteiger partial charge on any atom is -0.492 e. The summed E-state index contributed by atoms with van der Waals surface area (Å²) < 4.78 is 5.56. The van der Waals surface area contributed by atoms with Crippen LogP contribution in [0.15, 0.2) is 66.7 Å². The van der Waals surface area contributed by atoms with E-state index >= 15 is 0 Å². The summed E-state index contributed by atoms with van der Waals surface area (Å²) in [6, 6.07) is 20.1. The van der Waals surface area contributed by atoms with Gasteiger partial charge in [-0.05, 0) is 36.2 Å². The minimum absolute atomic E-state index is 0.112. The number of ether oxygens (including phenoxy) is 1. The van der Waals surface area contributed by atoms with Crippen LogP contribution in [0.2, 0.25) is 0 Å². The van der Waals surface area contributed by atoms with Crippen molar-refractivity contribution < 1.29 is 14.3 Å². The van der Waals surface area contributed by atoms with E-state index in [4.69, 9.17) is 4.74 Å². The number of carbonyl (C=O) groups is 2. The van der Waals surface area contributed by atoms with Crippen LogP contribution >= 0.6 is 0 Å². The van der Waals surface area contributed by atoms with Gasteiger partial charge in [0.1, 0.15) is 5.75 Å². The van der Waals surface area contributed by atoms with Gasteiger partial charge in [0, 0.05) is 11.1 Å². The molecule has 4 nitrogen and oxygen atoms in total. The maximum Gasteiger partial charge on any atom is 0.256 e. The number of carbonyl (C=O) groups excluding carboxylic acids is 2. The van der Waals surface area contributed by atoms with Crippen LogP contribution in [0.3, 0.4) is 0 Å². The largest absolute Gasteiger partial charge is 0.492 e. The molecule has 3 aromatic carbocycles. The fourth-order valence-corrected chi connectivity index (χ4v) is 3.30. The number of amides is 1. The molecular weight excluding hydrogens is 326 g/mol. The molecule has 0 heterocycles. The first-order valence-corrected chi connectivity index (χ1v) is 8.51. The summed E-state index contributed by atoms with van der Waals surface area (Å²) >= 11 is 0. The topological polar surface area (TPSA) is 55.4 Å². The van der Waals surface area contributed by atoms with Gasteiger partial charge in [0.25, 0.3) is 5.91 Å². The second-order valence-electron chi connectivity index (χ2n) is 5.99. The predicted octanol–water partition coefficient (Wildman–Crippen LogP) is 4.55. The lowest BCUT2D eigenvalue weighted by Gasteiger charge is -2.12. The first-order chi connectivity index (χ1) is 12.7. The van der Waals surface area contributed by atoms with Crippen molar-refractivity contribution in [2.24, 2.45) is 0 Å². The van der Waals surface area contributed by atoms with E-state index in [-0.39, 0.29) is 11.7 Å². The lowest BCUT2D eigenvalue weighted by atomic mass is 10.00. The van der Waals surface area contributed by atoms with Crippen molar-refractivity contribution in [3.05, 3.63) is 83.4 Å². The number of ketones is 1. The summed E-state index contributed by atoms with van der Waals surface area (Å²) in [5.74, 6) is 0.167. The number of nitrogens with one attached hydrogen (secondary N) is 1. The molecule has 3 aromatic rings.